The average Bonchev–Trinajstić information content (AvgIpc) is 3.03. The number of nitrogens with zero attached hydrogens (tertiary/aromatic N) is 3. The highest BCUT2D eigenvalue weighted by atomic mass is 35.5. The lowest BCUT2D eigenvalue weighted by Crippen LogP contribution is -2.14. The van der Waals surface area contributed by atoms with E-state index in [1.807, 2.05) is 35.9 Å². The molecule has 0 aliphatic heterocycles. The van der Waals surface area contributed by atoms with Crippen molar-refractivity contribution >= 4 is 35.0 Å². The predicted molar refractivity (Wildman–Crippen MR) is 104 cm³/mol. The number of carbonyl (C=O) groups excluding carboxylic acids is 1. The van der Waals surface area contributed by atoms with Gasteiger partial charge in [0.15, 0.2) is 11.0 Å². The maximum atomic E-state index is 13.1. The summed E-state index contributed by atoms with van der Waals surface area (Å²) in [5.74, 6) is 0.816. The van der Waals surface area contributed by atoms with Crippen LogP contribution in [0.3, 0.4) is 0 Å². The number of amides is 1. The van der Waals surface area contributed by atoms with Crippen molar-refractivity contribution in [2.24, 2.45) is 7.05 Å². The van der Waals surface area contributed by atoms with E-state index in [0.29, 0.717) is 16.7 Å². The molecule has 0 unspecified atom stereocenters. The molecule has 0 atom stereocenters. The van der Waals surface area contributed by atoms with Gasteiger partial charge in [-0.2, -0.15) is 0 Å². The third-order valence-corrected chi connectivity index (χ3v) is 5.05. The number of rotatable bonds is 6. The number of halogens is 2. The minimum atomic E-state index is -0.461. The summed E-state index contributed by atoms with van der Waals surface area (Å²) < 4.78 is 20.0. The molecule has 1 heterocycles. The fourth-order valence-corrected chi connectivity index (χ4v) is 3.26. The van der Waals surface area contributed by atoms with Gasteiger partial charge in [-0.3, -0.25) is 4.79 Å². The van der Waals surface area contributed by atoms with E-state index in [-0.39, 0.29) is 16.7 Å². The zero-order chi connectivity index (χ0) is 19.4. The van der Waals surface area contributed by atoms with Crippen LogP contribution in [-0.4, -0.2) is 33.5 Å². The Morgan fingerprint density at radius 3 is 2.67 bits per heavy atom. The monoisotopic (exact) mass is 406 g/mol. The lowest BCUT2D eigenvalue weighted by atomic mass is 10.2. The Morgan fingerprint density at radius 1 is 1.26 bits per heavy atom. The summed E-state index contributed by atoms with van der Waals surface area (Å²) in [5, 5.41) is 11.7. The van der Waals surface area contributed by atoms with E-state index in [4.69, 9.17) is 16.3 Å². The van der Waals surface area contributed by atoms with Crippen molar-refractivity contribution < 1.29 is 13.9 Å². The third-order valence-electron chi connectivity index (χ3n) is 3.72. The van der Waals surface area contributed by atoms with Gasteiger partial charge in [0.25, 0.3) is 0 Å². The van der Waals surface area contributed by atoms with Crippen LogP contribution in [0.15, 0.2) is 47.6 Å². The van der Waals surface area contributed by atoms with Crippen LogP contribution in [0.2, 0.25) is 5.02 Å². The summed E-state index contributed by atoms with van der Waals surface area (Å²) in [6, 6.07) is 11.3. The second-order valence-electron chi connectivity index (χ2n) is 5.55. The van der Waals surface area contributed by atoms with E-state index in [9.17, 15) is 9.18 Å². The van der Waals surface area contributed by atoms with Crippen LogP contribution in [0.5, 0.6) is 5.75 Å². The Balaban J connectivity index is 1.64. The van der Waals surface area contributed by atoms with Crippen LogP contribution in [0.1, 0.15) is 0 Å². The summed E-state index contributed by atoms with van der Waals surface area (Å²) in [7, 11) is 3.44. The molecule has 0 spiro atoms. The highest BCUT2D eigenvalue weighted by molar-refractivity contribution is 7.99. The molecule has 3 aromatic rings. The number of nitrogens with one attached hydrogen (secondary N) is 1. The lowest BCUT2D eigenvalue weighted by molar-refractivity contribution is -0.113. The standard InChI is InChI=1S/C18H16ClFN4O2S/c1-24-17(11-3-6-13(26-2)7-4-11)22-23-18(24)27-10-16(25)21-15-8-5-12(20)9-14(15)19/h3-9H,10H2,1-2H3,(H,21,25). The van der Waals surface area contributed by atoms with Gasteiger partial charge < -0.3 is 14.6 Å². The Morgan fingerprint density at radius 2 is 2.00 bits per heavy atom. The molecular weight excluding hydrogens is 391 g/mol. The van der Waals surface area contributed by atoms with Gasteiger partial charge in [0.2, 0.25) is 5.91 Å². The predicted octanol–water partition coefficient (Wildman–Crippen LogP) is 4.01. The number of hydrogen-bond acceptors (Lipinski definition) is 5. The molecule has 140 valence electrons. The molecule has 1 N–H and O–H groups in total. The number of aromatic nitrogens is 3. The molecule has 0 saturated carbocycles. The SMILES string of the molecule is COc1ccc(-c2nnc(SCC(=O)Nc3ccc(F)cc3Cl)n2C)cc1. The van der Waals surface area contributed by atoms with Crippen LogP contribution >= 0.6 is 23.4 Å². The molecule has 0 bridgehead atoms. The molecule has 9 heteroatoms. The van der Waals surface area contributed by atoms with Gasteiger partial charge in [-0.15, -0.1) is 10.2 Å². The molecule has 3 rings (SSSR count). The fraction of sp³-hybridized carbons (Fsp3) is 0.167. The minimum absolute atomic E-state index is 0.113. The van der Waals surface area contributed by atoms with Gasteiger partial charge in [-0.25, -0.2) is 4.39 Å². The molecule has 27 heavy (non-hydrogen) atoms. The van der Waals surface area contributed by atoms with Crippen molar-refractivity contribution in [3.8, 4) is 17.1 Å². The maximum Gasteiger partial charge on any atom is 0.234 e. The van der Waals surface area contributed by atoms with E-state index in [1.54, 1.807) is 7.11 Å². The van der Waals surface area contributed by atoms with E-state index in [2.05, 4.69) is 15.5 Å². The van der Waals surface area contributed by atoms with Crippen molar-refractivity contribution in [2.45, 2.75) is 5.16 Å². The van der Waals surface area contributed by atoms with Crippen LogP contribution < -0.4 is 10.1 Å². The lowest BCUT2D eigenvalue weighted by Gasteiger charge is -2.07. The second kappa shape index (κ2) is 8.41. The summed E-state index contributed by atoms with van der Waals surface area (Å²) in [6.07, 6.45) is 0. The number of thioether (sulfide) groups is 1. The van der Waals surface area contributed by atoms with Crippen molar-refractivity contribution in [1.29, 1.82) is 0 Å². The summed E-state index contributed by atoms with van der Waals surface area (Å²) >= 11 is 7.15. The van der Waals surface area contributed by atoms with Gasteiger partial charge in [-0.1, -0.05) is 23.4 Å². The number of benzene rings is 2. The van der Waals surface area contributed by atoms with Gasteiger partial charge in [0.1, 0.15) is 11.6 Å². The Hall–Kier alpha value is -2.58. The van der Waals surface area contributed by atoms with Crippen molar-refractivity contribution in [1.82, 2.24) is 14.8 Å². The topological polar surface area (TPSA) is 69.0 Å². The first kappa shape index (κ1) is 19.2. The van der Waals surface area contributed by atoms with Crippen molar-refractivity contribution in [3.05, 3.63) is 53.3 Å². The Kier molecular flexibility index (Phi) is 5.98. The molecule has 2 aromatic carbocycles. The molecule has 0 saturated heterocycles. The minimum Gasteiger partial charge on any atom is -0.497 e. The summed E-state index contributed by atoms with van der Waals surface area (Å²) in [4.78, 5) is 12.1. The van der Waals surface area contributed by atoms with Crippen LogP contribution in [0.25, 0.3) is 11.4 Å². The average molecular weight is 407 g/mol. The summed E-state index contributed by atoms with van der Waals surface area (Å²) in [6.45, 7) is 0. The van der Waals surface area contributed by atoms with Gasteiger partial charge >= 0.3 is 0 Å². The molecular formula is C18H16ClFN4O2S. The highest BCUT2D eigenvalue weighted by Gasteiger charge is 2.14. The van der Waals surface area contributed by atoms with Crippen molar-refractivity contribution in [3.63, 3.8) is 0 Å². The molecule has 1 amide bonds. The van der Waals surface area contributed by atoms with E-state index in [1.165, 1.54) is 23.9 Å². The Labute approximate surface area is 164 Å². The Bertz CT molecular complexity index is 962. The molecule has 0 aliphatic carbocycles. The van der Waals surface area contributed by atoms with Crippen LogP contribution in [-0.2, 0) is 11.8 Å². The number of anilines is 1. The first-order valence-electron chi connectivity index (χ1n) is 7.89. The van der Waals surface area contributed by atoms with Gasteiger partial charge in [0.05, 0.1) is 23.6 Å². The zero-order valence-electron chi connectivity index (χ0n) is 14.6. The third kappa shape index (κ3) is 4.58. The smallest absolute Gasteiger partial charge is 0.234 e. The van der Waals surface area contributed by atoms with Gasteiger partial charge in [0, 0.05) is 12.6 Å². The van der Waals surface area contributed by atoms with Crippen LogP contribution in [0, 0.1) is 5.82 Å². The van der Waals surface area contributed by atoms with E-state index in [0.717, 1.165) is 17.4 Å². The number of carbonyl (C=O) groups is 1. The zero-order valence-corrected chi connectivity index (χ0v) is 16.1. The number of hydrogen-bond donors (Lipinski definition) is 1. The molecule has 0 radical (unpaired) electrons. The van der Waals surface area contributed by atoms with Crippen molar-refractivity contribution in [2.75, 3.05) is 18.2 Å². The molecule has 0 aliphatic rings. The maximum absolute atomic E-state index is 13.1. The number of ether oxygens (including phenoxy) is 1. The number of methoxy groups -OCH3 is 1. The van der Waals surface area contributed by atoms with E-state index < -0.39 is 5.82 Å². The largest absolute Gasteiger partial charge is 0.497 e. The first-order valence-corrected chi connectivity index (χ1v) is 9.26. The highest BCUT2D eigenvalue weighted by Crippen LogP contribution is 2.25. The van der Waals surface area contributed by atoms with Crippen LogP contribution in [0.4, 0.5) is 10.1 Å². The first-order chi connectivity index (χ1) is 13.0. The van der Waals surface area contributed by atoms with E-state index >= 15 is 0 Å². The fourth-order valence-electron chi connectivity index (χ4n) is 2.34. The molecule has 1 aromatic heterocycles. The quantitative estimate of drug-likeness (QED) is 0.626. The normalized spacial score (nSPS) is 10.7. The van der Waals surface area contributed by atoms with Gasteiger partial charge in [-0.05, 0) is 42.5 Å². The summed E-state index contributed by atoms with van der Waals surface area (Å²) in [5.41, 5.74) is 1.25. The second-order valence-corrected chi connectivity index (χ2v) is 6.90. The molecule has 6 nitrogen and oxygen atoms in total. The molecule has 0 fully saturated rings.